The number of fused-ring (bicyclic) bond motifs is 4. The average molecular weight is 334 g/mol. The van der Waals surface area contributed by atoms with Crippen LogP contribution in [-0.2, 0) is 6.42 Å². The lowest BCUT2D eigenvalue weighted by atomic mass is 9.90. The summed E-state index contributed by atoms with van der Waals surface area (Å²) >= 11 is 0. The van der Waals surface area contributed by atoms with E-state index in [4.69, 9.17) is 0 Å². The first-order chi connectivity index (χ1) is 12.8. The molecule has 0 radical (unpaired) electrons. The first kappa shape index (κ1) is 15.4. The maximum Gasteiger partial charge on any atom is -0.0139 e. The molecule has 0 heterocycles. The Balaban J connectivity index is 1.93. The quantitative estimate of drug-likeness (QED) is 0.297. The molecule has 0 aliphatic rings. The molecule has 126 valence electrons. The molecule has 0 fully saturated rings. The average Bonchev–Trinajstić information content (AvgIpc) is 2.68. The Hall–Kier alpha value is -2.86. The van der Waals surface area contributed by atoms with E-state index in [1.165, 1.54) is 61.5 Å². The molecular formula is C26H22. The SMILES string of the molecule is CCCCc1c2cc3ccccc3cc2cc2cc3ccccc3cc12. The molecular weight excluding hydrogens is 312 g/mol. The molecule has 0 aliphatic heterocycles. The second kappa shape index (κ2) is 6.14. The van der Waals surface area contributed by atoms with Gasteiger partial charge in [0.05, 0.1) is 0 Å². The first-order valence-electron chi connectivity index (χ1n) is 9.60. The maximum atomic E-state index is 2.39. The van der Waals surface area contributed by atoms with Gasteiger partial charge >= 0.3 is 0 Å². The minimum Gasteiger partial charge on any atom is -0.0654 e. The fraction of sp³-hybridized carbons (Fsp3) is 0.154. The smallest absolute Gasteiger partial charge is 0.0139 e. The second-order valence-corrected chi connectivity index (χ2v) is 7.30. The normalized spacial score (nSPS) is 11.7. The van der Waals surface area contributed by atoms with E-state index in [2.05, 4.69) is 85.8 Å². The Morgan fingerprint density at radius 3 is 1.42 bits per heavy atom. The monoisotopic (exact) mass is 334 g/mol. The number of aryl methyl sites for hydroxylation is 1. The molecule has 0 aromatic heterocycles. The fourth-order valence-corrected chi connectivity index (χ4v) is 4.21. The highest BCUT2D eigenvalue weighted by Crippen LogP contribution is 2.34. The van der Waals surface area contributed by atoms with Gasteiger partial charge in [-0.3, -0.25) is 0 Å². The summed E-state index contributed by atoms with van der Waals surface area (Å²) in [6.07, 6.45) is 3.59. The zero-order valence-electron chi connectivity index (χ0n) is 15.1. The molecule has 5 aromatic rings. The van der Waals surface area contributed by atoms with Crippen molar-refractivity contribution in [2.24, 2.45) is 0 Å². The summed E-state index contributed by atoms with van der Waals surface area (Å²) in [6, 6.07) is 29.3. The fourth-order valence-electron chi connectivity index (χ4n) is 4.21. The van der Waals surface area contributed by atoms with Crippen LogP contribution in [0.25, 0.3) is 43.1 Å². The lowest BCUT2D eigenvalue weighted by molar-refractivity contribution is 0.802. The second-order valence-electron chi connectivity index (χ2n) is 7.30. The zero-order chi connectivity index (χ0) is 17.5. The molecule has 26 heavy (non-hydrogen) atoms. The van der Waals surface area contributed by atoms with Gasteiger partial charge < -0.3 is 0 Å². The highest BCUT2D eigenvalue weighted by Gasteiger charge is 2.10. The molecule has 0 amide bonds. The molecule has 0 saturated carbocycles. The summed E-state index contributed by atoms with van der Waals surface area (Å²) in [5.74, 6) is 0. The predicted octanol–water partition coefficient (Wildman–Crippen LogP) is 7.64. The van der Waals surface area contributed by atoms with Crippen LogP contribution >= 0.6 is 0 Å². The van der Waals surface area contributed by atoms with Crippen LogP contribution in [0.1, 0.15) is 25.3 Å². The summed E-state index contributed by atoms with van der Waals surface area (Å²) in [5.41, 5.74) is 1.51. The first-order valence-corrected chi connectivity index (χ1v) is 9.60. The van der Waals surface area contributed by atoms with Crippen LogP contribution in [0, 0.1) is 0 Å². The van der Waals surface area contributed by atoms with Crippen molar-refractivity contribution in [3.8, 4) is 0 Å². The molecule has 0 aliphatic carbocycles. The third-order valence-corrected chi connectivity index (χ3v) is 5.58. The van der Waals surface area contributed by atoms with Crippen LogP contribution in [0.2, 0.25) is 0 Å². The van der Waals surface area contributed by atoms with Gasteiger partial charge in [-0.2, -0.15) is 0 Å². The Morgan fingerprint density at radius 1 is 0.538 bits per heavy atom. The summed E-state index contributed by atoms with van der Waals surface area (Å²) in [7, 11) is 0. The van der Waals surface area contributed by atoms with Gasteiger partial charge in [-0.05, 0) is 91.8 Å². The minimum atomic E-state index is 1.14. The van der Waals surface area contributed by atoms with Crippen molar-refractivity contribution in [2.75, 3.05) is 0 Å². The topological polar surface area (TPSA) is 0 Å². The van der Waals surface area contributed by atoms with Crippen molar-refractivity contribution in [2.45, 2.75) is 26.2 Å². The Morgan fingerprint density at radius 2 is 0.962 bits per heavy atom. The number of benzene rings is 5. The van der Waals surface area contributed by atoms with E-state index in [9.17, 15) is 0 Å². The number of hydrogen-bond acceptors (Lipinski definition) is 0. The Kier molecular flexibility index (Phi) is 3.64. The van der Waals surface area contributed by atoms with E-state index >= 15 is 0 Å². The summed E-state index contributed by atoms with van der Waals surface area (Å²) in [5, 5.41) is 10.9. The van der Waals surface area contributed by atoms with E-state index in [1.807, 2.05) is 0 Å². The van der Waals surface area contributed by atoms with Gasteiger partial charge in [0.25, 0.3) is 0 Å². The highest BCUT2D eigenvalue weighted by atomic mass is 14.1. The van der Waals surface area contributed by atoms with E-state index < -0.39 is 0 Å². The van der Waals surface area contributed by atoms with Gasteiger partial charge in [0.2, 0.25) is 0 Å². The van der Waals surface area contributed by atoms with Gasteiger partial charge in [0, 0.05) is 0 Å². The van der Waals surface area contributed by atoms with Gasteiger partial charge in [0.1, 0.15) is 0 Å². The van der Waals surface area contributed by atoms with Crippen molar-refractivity contribution in [1.82, 2.24) is 0 Å². The minimum absolute atomic E-state index is 1.14. The van der Waals surface area contributed by atoms with Gasteiger partial charge in [-0.25, -0.2) is 0 Å². The number of unbranched alkanes of at least 4 members (excludes halogenated alkanes) is 1. The predicted molar refractivity (Wildman–Crippen MR) is 115 cm³/mol. The molecule has 0 unspecified atom stereocenters. The Bertz CT molecular complexity index is 1170. The van der Waals surface area contributed by atoms with Crippen LogP contribution in [-0.4, -0.2) is 0 Å². The number of hydrogen-bond donors (Lipinski definition) is 0. The lowest BCUT2D eigenvalue weighted by Crippen LogP contribution is -1.91. The van der Waals surface area contributed by atoms with Gasteiger partial charge in [0.15, 0.2) is 0 Å². The van der Waals surface area contributed by atoms with E-state index in [1.54, 1.807) is 0 Å². The standard InChI is InChI=1S/C26H22/c1-2-3-12-24-25-16-20-10-6-4-8-18(20)13-22(25)15-23-14-19-9-5-7-11-21(19)17-26(23)24/h4-11,13-17H,2-3,12H2,1H3. The molecule has 0 saturated heterocycles. The van der Waals surface area contributed by atoms with Crippen molar-refractivity contribution in [3.05, 3.63) is 84.4 Å². The Labute approximate surface area is 154 Å². The van der Waals surface area contributed by atoms with Crippen LogP contribution in [0.3, 0.4) is 0 Å². The van der Waals surface area contributed by atoms with Crippen molar-refractivity contribution in [1.29, 1.82) is 0 Å². The van der Waals surface area contributed by atoms with Gasteiger partial charge in [-0.1, -0.05) is 61.9 Å². The molecule has 0 heteroatoms. The van der Waals surface area contributed by atoms with E-state index in [0.29, 0.717) is 0 Å². The lowest BCUT2D eigenvalue weighted by Gasteiger charge is -2.14. The molecule has 0 nitrogen and oxygen atoms in total. The summed E-state index contributed by atoms with van der Waals surface area (Å²) in [6.45, 7) is 2.28. The zero-order valence-corrected chi connectivity index (χ0v) is 15.1. The van der Waals surface area contributed by atoms with Crippen molar-refractivity contribution >= 4 is 43.1 Å². The molecule has 0 bridgehead atoms. The molecule has 0 spiro atoms. The molecule has 0 atom stereocenters. The molecule has 5 aromatic carbocycles. The van der Waals surface area contributed by atoms with Crippen molar-refractivity contribution in [3.63, 3.8) is 0 Å². The molecule has 5 rings (SSSR count). The van der Waals surface area contributed by atoms with E-state index in [-0.39, 0.29) is 0 Å². The largest absolute Gasteiger partial charge is 0.0654 e. The highest BCUT2D eigenvalue weighted by molar-refractivity contribution is 6.10. The maximum absolute atomic E-state index is 2.39. The third-order valence-electron chi connectivity index (χ3n) is 5.58. The van der Waals surface area contributed by atoms with Crippen LogP contribution in [0.15, 0.2) is 78.9 Å². The van der Waals surface area contributed by atoms with Crippen LogP contribution < -0.4 is 0 Å². The van der Waals surface area contributed by atoms with Gasteiger partial charge in [-0.15, -0.1) is 0 Å². The van der Waals surface area contributed by atoms with Crippen molar-refractivity contribution < 1.29 is 0 Å². The summed E-state index contributed by atoms with van der Waals surface area (Å²) < 4.78 is 0. The van der Waals surface area contributed by atoms with E-state index in [0.717, 1.165) is 6.42 Å². The molecule has 0 N–H and O–H groups in total. The summed E-state index contributed by atoms with van der Waals surface area (Å²) in [4.78, 5) is 0. The number of rotatable bonds is 3. The van der Waals surface area contributed by atoms with Crippen LogP contribution in [0.5, 0.6) is 0 Å². The third kappa shape index (κ3) is 2.45. The van der Waals surface area contributed by atoms with Crippen LogP contribution in [0.4, 0.5) is 0 Å².